The molecular formula is C8H14N2O2. The summed E-state index contributed by atoms with van der Waals surface area (Å²) < 4.78 is 0. The number of hydrogen-bond donors (Lipinski definition) is 2. The van der Waals surface area contributed by atoms with Crippen LogP contribution in [-0.4, -0.2) is 23.9 Å². The van der Waals surface area contributed by atoms with Crippen LogP contribution in [0.2, 0.25) is 0 Å². The molecule has 1 aliphatic rings. The van der Waals surface area contributed by atoms with Crippen molar-refractivity contribution in [1.29, 1.82) is 0 Å². The first-order valence-corrected chi connectivity index (χ1v) is 4.18. The average molecular weight is 170 g/mol. The van der Waals surface area contributed by atoms with Gasteiger partial charge in [0, 0.05) is 13.0 Å². The zero-order chi connectivity index (χ0) is 9.19. The fraction of sp³-hybridized carbons (Fsp3) is 0.750. The van der Waals surface area contributed by atoms with E-state index in [1.807, 2.05) is 6.92 Å². The number of hydrogen-bond acceptors (Lipinski definition) is 2. The Kier molecular flexibility index (Phi) is 2.35. The molecule has 0 aromatic rings. The van der Waals surface area contributed by atoms with Gasteiger partial charge in [-0.2, -0.15) is 0 Å². The van der Waals surface area contributed by atoms with Gasteiger partial charge in [-0.3, -0.25) is 9.59 Å². The Labute approximate surface area is 71.7 Å². The van der Waals surface area contributed by atoms with Gasteiger partial charge in [-0.25, -0.2) is 0 Å². The maximum absolute atomic E-state index is 11.4. The Morgan fingerprint density at radius 2 is 2.17 bits per heavy atom. The Morgan fingerprint density at radius 3 is 2.75 bits per heavy atom. The number of nitrogens with one attached hydrogen (secondary N) is 2. The van der Waals surface area contributed by atoms with E-state index in [4.69, 9.17) is 0 Å². The highest BCUT2D eigenvalue weighted by Crippen LogP contribution is 2.11. The molecule has 68 valence electrons. The van der Waals surface area contributed by atoms with Crippen LogP contribution in [0.3, 0.4) is 0 Å². The smallest absolute Gasteiger partial charge is 0.245 e. The van der Waals surface area contributed by atoms with Crippen LogP contribution in [0.15, 0.2) is 0 Å². The van der Waals surface area contributed by atoms with E-state index >= 15 is 0 Å². The molecule has 12 heavy (non-hydrogen) atoms. The Morgan fingerprint density at radius 1 is 1.50 bits per heavy atom. The summed E-state index contributed by atoms with van der Waals surface area (Å²) in [5.74, 6) is -0.145. The van der Waals surface area contributed by atoms with Crippen molar-refractivity contribution < 1.29 is 9.59 Å². The van der Waals surface area contributed by atoms with Crippen LogP contribution in [0, 0.1) is 0 Å². The summed E-state index contributed by atoms with van der Waals surface area (Å²) in [6, 6.07) is 0. The highest BCUT2D eigenvalue weighted by molar-refractivity contribution is 5.93. The van der Waals surface area contributed by atoms with Gasteiger partial charge in [-0.05, 0) is 13.3 Å². The Bertz CT molecular complexity index is 215. The fourth-order valence-electron chi connectivity index (χ4n) is 1.16. The summed E-state index contributed by atoms with van der Waals surface area (Å²) in [5.41, 5.74) is -0.715. The second kappa shape index (κ2) is 3.13. The molecular weight excluding hydrogens is 156 g/mol. The van der Waals surface area contributed by atoms with Crippen LogP contribution in [-0.2, 0) is 9.59 Å². The maximum Gasteiger partial charge on any atom is 0.245 e. The minimum absolute atomic E-state index is 0.0577. The second-order valence-corrected chi connectivity index (χ2v) is 3.24. The van der Waals surface area contributed by atoms with Gasteiger partial charge in [0.2, 0.25) is 11.8 Å². The van der Waals surface area contributed by atoms with Gasteiger partial charge in [-0.1, -0.05) is 6.92 Å². The van der Waals surface area contributed by atoms with Crippen molar-refractivity contribution in [2.24, 2.45) is 0 Å². The first-order valence-electron chi connectivity index (χ1n) is 4.18. The third-order valence-corrected chi connectivity index (χ3v) is 2.26. The van der Waals surface area contributed by atoms with E-state index in [1.165, 1.54) is 0 Å². The third-order valence-electron chi connectivity index (χ3n) is 2.26. The first kappa shape index (κ1) is 9.03. The molecule has 1 unspecified atom stereocenters. The second-order valence-electron chi connectivity index (χ2n) is 3.24. The SMILES string of the molecule is CCC1(C)NC(=O)CCNC1=O. The fourth-order valence-corrected chi connectivity index (χ4v) is 1.16. The van der Waals surface area contributed by atoms with Crippen molar-refractivity contribution >= 4 is 11.8 Å². The maximum atomic E-state index is 11.4. The first-order chi connectivity index (χ1) is 5.58. The molecule has 4 nitrogen and oxygen atoms in total. The predicted octanol–water partition coefficient (Wildman–Crippen LogP) is -0.209. The molecule has 0 aromatic carbocycles. The molecule has 0 aromatic heterocycles. The zero-order valence-corrected chi connectivity index (χ0v) is 7.44. The van der Waals surface area contributed by atoms with E-state index in [0.717, 1.165) is 0 Å². The van der Waals surface area contributed by atoms with Gasteiger partial charge in [0.1, 0.15) is 5.54 Å². The van der Waals surface area contributed by atoms with Crippen molar-refractivity contribution in [3.8, 4) is 0 Å². The van der Waals surface area contributed by atoms with Crippen LogP contribution in [0.25, 0.3) is 0 Å². The number of carbonyl (C=O) groups is 2. The molecule has 0 saturated carbocycles. The molecule has 1 aliphatic heterocycles. The van der Waals surface area contributed by atoms with Crippen LogP contribution in [0.5, 0.6) is 0 Å². The summed E-state index contributed by atoms with van der Waals surface area (Å²) >= 11 is 0. The third kappa shape index (κ3) is 1.57. The van der Waals surface area contributed by atoms with E-state index in [9.17, 15) is 9.59 Å². The molecule has 0 spiro atoms. The van der Waals surface area contributed by atoms with Crippen molar-refractivity contribution in [2.75, 3.05) is 6.54 Å². The molecule has 1 saturated heterocycles. The minimum atomic E-state index is -0.715. The lowest BCUT2D eigenvalue weighted by Gasteiger charge is -2.25. The van der Waals surface area contributed by atoms with E-state index in [-0.39, 0.29) is 11.8 Å². The molecule has 4 heteroatoms. The van der Waals surface area contributed by atoms with Crippen molar-refractivity contribution in [3.63, 3.8) is 0 Å². The van der Waals surface area contributed by atoms with Crippen LogP contribution < -0.4 is 10.6 Å². The standard InChI is InChI=1S/C8H14N2O2/c1-3-8(2)7(12)9-5-4-6(11)10-8/h3-5H2,1-2H3,(H,9,12)(H,10,11). The topological polar surface area (TPSA) is 58.2 Å². The molecule has 0 bridgehead atoms. The summed E-state index contributed by atoms with van der Waals surface area (Å²) in [6.07, 6.45) is 0.992. The van der Waals surface area contributed by atoms with E-state index in [2.05, 4.69) is 10.6 Å². The Hall–Kier alpha value is -1.06. The number of rotatable bonds is 1. The summed E-state index contributed by atoms with van der Waals surface area (Å²) in [5, 5.41) is 5.40. The quantitative estimate of drug-likeness (QED) is 0.572. The monoisotopic (exact) mass is 170 g/mol. The normalized spacial score (nSPS) is 30.5. The van der Waals surface area contributed by atoms with Gasteiger partial charge in [0.15, 0.2) is 0 Å². The minimum Gasteiger partial charge on any atom is -0.354 e. The average Bonchev–Trinajstić information content (AvgIpc) is 2.14. The zero-order valence-electron chi connectivity index (χ0n) is 7.44. The van der Waals surface area contributed by atoms with Crippen LogP contribution in [0.4, 0.5) is 0 Å². The van der Waals surface area contributed by atoms with E-state index < -0.39 is 5.54 Å². The van der Waals surface area contributed by atoms with Crippen molar-refractivity contribution in [2.45, 2.75) is 32.2 Å². The number of amides is 2. The molecule has 1 atom stereocenters. The summed E-state index contributed by atoms with van der Waals surface area (Å²) in [6.45, 7) is 4.07. The van der Waals surface area contributed by atoms with E-state index in [0.29, 0.717) is 19.4 Å². The van der Waals surface area contributed by atoms with E-state index in [1.54, 1.807) is 6.92 Å². The highest BCUT2D eigenvalue weighted by atomic mass is 16.2. The molecule has 2 N–H and O–H groups in total. The molecule has 0 aliphatic carbocycles. The lowest BCUT2D eigenvalue weighted by molar-refractivity contribution is -0.130. The molecule has 2 amide bonds. The molecule has 1 fully saturated rings. The molecule has 1 rings (SSSR count). The predicted molar refractivity (Wildman–Crippen MR) is 44.5 cm³/mol. The molecule has 0 radical (unpaired) electrons. The van der Waals surface area contributed by atoms with Gasteiger partial charge in [0.05, 0.1) is 0 Å². The van der Waals surface area contributed by atoms with Crippen LogP contribution in [0.1, 0.15) is 26.7 Å². The van der Waals surface area contributed by atoms with Crippen molar-refractivity contribution in [3.05, 3.63) is 0 Å². The molecule has 1 heterocycles. The van der Waals surface area contributed by atoms with Gasteiger partial charge in [0.25, 0.3) is 0 Å². The largest absolute Gasteiger partial charge is 0.354 e. The van der Waals surface area contributed by atoms with Crippen LogP contribution >= 0.6 is 0 Å². The summed E-state index contributed by atoms with van der Waals surface area (Å²) in [4.78, 5) is 22.5. The lowest BCUT2D eigenvalue weighted by Crippen LogP contribution is -2.53. The number of carbonyl (C=O) groups excluding carboxylic acids is 2. The van der Waals surface area contributed by atoms with Gasteiger partial charge >= 0.3 is 0 Å². The van der Waals surface area contributed by atoms with Gasteiger partial charge in [-0.15, -0.1) is 0 Å². The summed E-state index contributed by atoms with van der Waals surface area (Å²) in [7, 11) is 0. The van der Waals surface area contributed by atoms with Crippen molar-refractivity contribution in [1.82, 2.24) is 10.6 Å². The Balaban J connectivity index is 2.80. The lowest BCUT2D eigenvalue weighted by atomic mass is 9.98. The highest BCUT2D eigenvalue weighted by Gasteiger charge is 2.34. The van der Waals surface area contributed by atoms with Gasteiger partial charge < -0.3 is 10.6 Å².